The summed E-state index contributed by atoms with van der Waals surface area (Å²) in [5.74, 6) is -0.529. The zero-order chi connectivity index (χ0) is 13.8. The van der Waals surface area contributed by atoms with Crippen LogP contribution in [0.3, 0.4) is 0 Å². The molecule has 0 saturated heterocycles. The van der Waals surface area contributed by atoms with Crippen LogP contribution in [0.15, 0.2) is 30.3 Å². The van der Waals surface area contributed by atoms with Gasteiger partial charge in [-0.15, -0.1) is 0 Å². The summed E-state index contributed by atoms with van der Waals surface area (Å²) in [5.41, 5.74) is 2.67. The van der Waals surface area contributed by atoms with Gasteiger partial charge in [-0.3, -0.25) is 14.7 Å². The van der Waals surface area contributed by atoms with Crippen molar-refractivity contribution in [2.75, 3.05) is 5.32 Å². The van der Waals surface area contributed by atoms with Crippen molar-refractivity contribution in [3.05, 3.63) is 47.3 Å². The van der Waals surface area contributed by atoms with E-state index < -0.39 is 0 Å². The first-order chi connectivity index (χ1) is 9.08. The quantitative estimate of drug-likeness (QED) is 0.651. The van der Waals surface area contributed by atoms with Crippen molar-refractivity contribution in [2.24, 2.45) is 0 Å². The van der Waals surface area contributed by atoms with Gasteiger partial charge in [-0.1, -0.05) is 30.3 Å². The van der Waals surface area contributed by atoms with E-state index in [0.29, 0.717) is 16.9 Å². The topological polar surface area (TPSA) is 74.8 Å². The molecule has 1 heterocycles. The van der Waals surface area contributed by atoms with Gasteiger partial charge in [0.15, 0.2) is 5.78 Å². The van der Waals surface area contributed by atoms with Crippen LogP contribution in [0.25, 0.3) is 0 Å². The molecule has 5 nitrogen and oxygen atoms in total. The van der Waals surface area contributed by atoms with Crippen molar-refractivity contribution in [1.82, 2.24) is 10.2 Å². The van der Waals surface area contributed by atoms with E-state index in [1.165, 1.54) is 0 Å². The minimum atomic E-state index is -0.332. The van der Waals surface area contributed by atoms with Gasteiger partial charge < -0.3 is 5.32 Å². The number of aryl methyl sites for hydroxylation is 2. The van der Waals surface area contributed by atoms with Gasteiger partial charge in [0.25, 0.3) is 0 Å². The molecule has 0 atom stereocenters. The van der Waals surface area contributed by atoms with Crippen molar-refractivity contribution >= 4 is 17.4 Å². The Morgan fingerprint density at radius 1 is 1.21 bits per heavy atom. The van der Waals surface area contributed by atoms with Gasteiger partial charge in [0.2, 0.25) is 5.91 Å². The molecule has 0 saturated carbocycles. The lowest BCUT2D eigenvalue weighted by molar-refractivity contribution is -0.115. The number of aromatic amines is 1. The number of Topliss-reactive ketones (excluding diaryl/α,β-unsaturated/α-hetero) is 1. The van der Waals surface area contributed by atoms with E-state index in [-0.39, 0.29) is 18.1 Å². The minimum absolute atomic E-state index is 0.173. The maximum atomic E-state index is 11.9. The number of aromatic nitrogens is 2. The van der Waals surface area contributed by atoms with E-state index in [1.807, 2.05) is 13.0 Å². The number of hydrogen-bond donors (Lipinski definition) is 2. The van der Waals surface area contributed by atoms with Crippen LogP contribution >= 0.6 is 0 Å². The zero-order valence-corrected chi connectivity index (χ0v) is 10.9. The van der Waals surface area contributed by atoms with Crippen LogP contribution in [0.1, 0.15) is 28.2 Å². The van der Waals surface area contributed by atoms with Gasteiger partial charge in [-0.2, -0.15) is 5.10 Å². The molecule has 0 spiro atoms. The summed E-state index contributed by atoms with van der Waals surface area (Å²) in [5, 5.41) is 9.47. The van der Waals surface area contributed by atoms with E-state index in [1.54, 1.807) is 31.2 Å². The Balaban J connectivity index is 2.01. The van der Waals surface area contributed by atoms with Crippen molar-refractivity contribution in [2.45, 2.75) is 20.3 Å². The van der Waals surface area contributed by atoms with Gasteiger partial charge in [0.1, 0.15) is 0 Å². The first-order valence-corrected chi connectivity index (χ1v) is 5.97. The lowest BCUT2D eigenvalue weighted by Crippen LogP contribution is -2.17. The standard InChI is InChI=1S/C14H15N3O2/c1-9-14(10(2)17-16-9)15-13(19)8-12(18)11-6-4-3-5-7-11/h3-7H,8H2,1-2H3,(H,15,19)(H,16,17). The van der Waals surface area contributed by atoms with Crippen LogP contribution in [-0.4, -0.2) is 21.9 Å². The Bertz CT molecular complexity index is 583. The van der Waals surface area contributed by atoms with Gasteiger partial charge in [-0.25, -0.2) is 0 Å². The second-order valence-electron chi connectivity index (χ2n) is 4.32. The van der Waals surface area contributed by atoms with E-state index in [0.717, 1.165) is 5.69 Å². The predicted octanol–water partition coefficient (Wildman–Crippen LogP) is 2.24. The number of carbonyl (C=O) groups is 2. The van der Waals surface area contributed by atoms with Gasteiger partial charge >= 0.3 is 0 Å². The fourth-order valence-corrected chi connectivity index (χ4v) is 1.79. The molecule has 1 aromatic carbocycles. The number of H-pyrrole nitrogens is 1. The van der Waals surface area contributed by atoms with Crippen molar-refractivity contribution in [3.8, 4) is 0 Å². The summed E-state index contributed by atoms with van der Waals surface area (Å²) in [4.78, 5) is 23.7. The Kier molecular flexibility index (Phi) is 3.75. The molecule has 1 aromatic heterocycles. The highest BCUT2D eigenvalue weighted by Crippen LogP contribution is 2.16. The number of anilines is 1. The summed E-state index contributed by atoms with van der Waals surface area (Å²) in [6.45, 7) is 3.60. The molecule has 0 bridgehead atoms. The Morgan fingerprint density at radius 2 is 1.89 bits per heavy atom. The highest BCUT2D eigenvalue weighted by Gasteiger charge is 2.14. The molecule has 0 aliphatic heterocycles. The van der Waals surface area contributed by atoms with Crippen LogP contribution in [0, 0.1) is 13.8 Å². The normalized spacial score (nSPS) is 10.2. The Labute approximate surface area is 111 Å². The van der Waals surface area contributed by atoms with E-state index in [4.69, 9.17) is 0 Å². The van der Waals surface area contributed by atoms with Crippen LogP contribution in [0.4, 0.5) is 5.69 Å². The molecule has 0 radical (unpaired) electrons. The third-order valence-electron chi connectivity index (χ3n) is 2.81. The average Bonchev–Trinajstić information content (AvgIpc) is 2.71. The van der Waals surface area contributed by atoms with Crippen LogP contribution in [0.2, 0.25) is 0 Å². The molecule has 0 fully saturated rings. The highest BCUT2D eigenvalue weighted by atomic mass is 16.2. The molecule has 0 unspecified atom stereocenters. The largest absolute Gasteiger partial charge is 0.323 e. The molecular formula is C14H15N3O2. The fourth-order valence-electron chi connectivity index (χ4n) is 1.79. The highest BCUT2D eigenvalue weighted by molar-refractivity contribution is 6.11. The first-order valence-electron chi connectivity index (χ1n) is 5.97. The van der Waals surface area contributed by atoms with Crippen LogP contribution in [-0.2, 0) is 4.79 Å². The SMILES string of the molecule is Cc1n[nH]c(C)c1NC(=O)CC(=O)c1ccccc1. The van der Waals surface area contributed by atoms with Crippen LogP contribution < -0.4 is 5.32 Å². The van der Waals surface area contributed by atoms with Crippen LogP contribution in [0.5, 0.6) is 0 Å². The lowest BCUT2D eigenvalue weighted by Gasteiger charge is -2.04. The monoisotopic (exact) mass is 257 g/mol. The molecule has 0 aliphatic rings. The molecule has 2 N–H and O–H groups in total. The van der Waals surface area contributed by atoms with E-state index in [9.17, 15) is 9.59 Å². The number of nitrogens with one attached hydrogen (secondary N) is 2. The molecular weight excluding hydrogens is 242 g/mol. The smallest absolute Gasteiger partial charge is 0.232 e. The minimum Gasteiger partial charge on any atom is -0.323 e. The second-order valence-corrected chi connectivity index (χ2v) is 4.32. The number of ketones is 1. The molecule has 0 aliphatic carbocycles. The molecule has 2 aromatic rings. The molecule has 19 heavy (non-hydrogen) atoms. The molecule has 98 valence electrons. The van der Waals surface area contributed by atoms with Crippen molar-refractivity contribution in [3.63, 3.8) is 0 Å². The predicted molar refractivity (Wildman–Crippen MR) is 72.1 cm³/mol. The number of carbonyl (C=O) groups excluding carboxylic acids is 2. The number of rotatable bonds is 4. The molecule has 2 rings (SSSR count). The Morgan fingerprint density at radius 3 is 2.47 bits per heavy atom. The van der Waals surface area contributed by atoms with Gasteiger partial charge in [-0.05, 0) is 13.8 Å². The van der Waals surface area contributed by atoms with Gasteiger partial charge in [0.05, 0.1) is 23.5 Å². The summed E-state index contributed by atoms with van der Waals surface area (Å²) >= 11 is 0. The summed E-state index contributed by atoms with van der Waals surface area (Å²) in [7, 11) is 0. The fraction of sp³-hybridized carbons (Fsp3) is 0.214. The van der Waals surface area contributed by atoms with E-state index >= 15 is 0 Å². The van der Waals surface area contributed by atoms with E-state index in [2.05, 4.69) is 15.5 Å². The lowest BCUT2D eigenvalue weighted by atomic mass is 10.1. The zero-order valence-electron chi connectivity index (χ0n) is 10.9. The number of amides is 1. The number of nitrogens with zero attached hydrogens (tertiary/aromatic N) is 1. The summed E-state index contributed by atoms with van der Waals surface area (Å²) in [6.07, 6.45) is -0.173. The maximum absolute atomic E-state index is 11.9. The summed E-state index contributed by atoms with van der Waals surface area (Å²) in [6, 6.07) is 8.77. The number of hydrogen-bond acceptors (Lipinski definition) is 3. The first kappa shape index (κ1) is 13.0. The number of benzene rings is 1. The Hall–Kier alpha value is -2.43. The van der Waals surface area contributed by atoms with Gasteiger partial charge in [0, 0.05) is 5.56 Å². The molecule has 5 heteroatoms. The summed E-state index contributed by atoms with van der Waals surface area (Å²) < 4.78 is 0. The third kappa shape index (κ3) is 3.07. The molecule has 1 amide bonds. The average molecular weight is 257 g/mol. The third-order valence-corrected chi connectivity index (χ3v) is 2.81. The van der Waals surface area contributed by atoms with Crippen molar-refractivity contribution < 1.29 is 9.59 Å². The van der Waals surface area contributed by atoms with Crippen molar-refractivity contribution in [1.29, 1.82) is 0 Å². The second kappa shape index (κ2) is 5.48. The maximum Gasteiger partial charge on any atom is 0.232 e.